The quantitative estimate of drug-likeness (QED) is 0.857. The number of nitrogens with two attached hydrogens (primary N) is 1. The van der Waals surface area contributed by atoms with E-state index in [0.717, 1.165) is 16.9 Å². The Morgan fingerprint density at radius 2 is 2.26 bits per heavy atom. The Labute approximate surface area is 112 Å². The van der Waals surface area contributed by atoms with Gasteiger partial charge in [0.2, 0.25) is 5.91 Å². The highest BCUT2D eigenvalue weighted by Gasteiger charge is 2.04. The number of hydrogen-bond acceptors (Lipinski definition) is 3. The molecule has 2 rings (SSSR count). The van der Waals surface area contributed by atoms with Crippen LogP contribution < -0.4 is 11.1 Å². The van der Waals surface area contributed by atoms with Crippen molar-refractivity contribution in [1.82, 2.24) is 9.78 Å². The number of anilines is 1. The molecule has 1 aromatic carbocycles. The van der Waals surface area contributed by atoms with Gasteiger partial charge in [0.05, 0.1) is 5.69 Å². The number of hydrogen-bond donors (Lipinski definition) is 2. The van der Waals surface area contributed by atoms with Crippen LogP contribution in [0.15, 0.2) is 36.5 Å². The van der Waals surface area contributed by atoms with E-state index in [2.05, 4.69) is 10.4 Å². The van der Waals surface area contributed by atoms with Crippen LogP contribution in [0.5, 0.6) is 0 Å². The number of benzene rings is 1. The molecule has 5 heteroatoms. The molecule has 3 N–H and O–H groups in total. The number of rotatable bonds is 5. The molecular formula is C14H18N4O. The number of nitrogens with zero attached hydrogens (tertiary/aromatic N) is 2. The van der Waals surface area contributed by atoms with Crippen LogP contribution >= 0.6 is 0 Å². The van der Waals surface area contributed by atoms with Crippen LogP contribution in [-0.4, -0.2) is 15.7 Å². The van der Waals surface area contributed by atoms with Crippen LogP contribution in [0.4, 0.5) is 5.69 Å². The fourth-order valence-electron chi connectivity index (χ4n) is 1.80. The van der Waals surface area contributed by atoms with Crippen molar-refractivity contribution in [2.75, 3.05) is 5.32 Å². The average molecular weight is 258 g/mol. The summed E-state index contributed by atoms with van der Waals surface area (Å²) in [7, 11) is 0. The van der Waals surface area contributed by atoms with Gasteiger partial charge in [0.1, 0.15) is 0 Å². The fraction of sp³-hybridized carbons (Fsp3) is 0.286. The molecule has 1 amide bonds. The predicted octanol–water partition coefficient (Wildman–Crippen LogP) is 1.68. The van der Waals surface area contributed by atoms with E-state index in [1.165, 1.54) is 0 Å². The molecule has 1 heterocycles. The first-order chi connectivity index (χ1) is 9.17. The summed E-state index contributed by atoms with van der Waals surface area (Å²) in [6.45, 7) is 2.97. The smallest absolute Gasteiger partial charge is 0.226 e. The third kappa shape index (κ3) is 3.93. The zero-order valence-electron chi connectivity index (χ0n) is 11.0. The zero-order valence-corrected chi connectivity index (χ0v) is 11.0. The summed E-state index contributed by atoms with van der Waals surface area (Å²) in [5.74, 6) is -0.0256. The number of aryl methyl sites for hydroxylation is 2. The van der Waals surface area contributed by atoms with E-state index in [0.29, 0.717) is 19.5 Å². The van der Waals surface area contributed by atoms with E-state index < -0.39 is 0 Å². The van der Waals surface area contributed by atoms with Crippen LogP contribution in [0.25, 0.3) is 0 Å². The van der Waals surface area contributed by atoms with Crippen LogP contribution in [-0.2, 0) is 17.9 Å². The molecule has 0 fully saturated rings. The first-order valence-electron chi connectivity index (χ1n) is 6.26. The lowest BCUT2D eigenvalue weighted by molar-refractivity contribution is -0.116. The van der Waals surface area contributed by atoms with E-state index >= 15 is 0 Å². The van der Waals surface area contributed by atoms with Crippen molar-refractivity contribution in [2.24, 2.45) is 5.73 Å². The Hall–Kier alpha value is -2.14. The maximum absolute atomic E-state index is 11.8. The van der Waals surface area contributed by atoms with Gasteiger partial charge in [-0.15, -0.1) is 0 Å². The second kappa shape index (κ2) is 6.15. The summed E-state index contributed by atoms with van der Waals surface area (Å²) in [4.78, 5) is 11.8. The molecule has 0 aliphatic heterocycles. The molecule has 0 unspecified atom stereocenters. The van der Waals surface area contributed by atoms with E-state index in [9.17, 15) is 4.79 Å². The molecule has 0 radical (unpaired) electrons. The van der Waals surface area contributed by atoms with E-state index in [4.69, 9.17) is 5.73 Å². The van der Waals surface area contributed by atoms with Crippen LogP contribution in [0.3, 0.4) is 0 Å². The molecule has 0 atom stereocenters. The zero-order chi connectivity index (χ0) is 13.7. The van der Waals surface area contributed by atoms with Gasteiger partial charge in [-0.1, -0.05) is 12.1 Å². The Morgan fingerprint density at radius 3 is 2.95 bits per heavy atom. The monoisotopic (exact) mass is 258 g/mol. The van der Waals surface area contributed by atoms with E-state index in [1.54, 1.807) is 4.68 Å². The third-order valence-electron chi connectivity index (χ3n) is 2.79. The Bertz CT molecular complexity index is 562. The largest absolute Gasteiger partial charge is 0.326 e. The highest BCUT2D eigenvalue weighted by atomic mass is 16.1. The highest BCUT2D eigenvalue weighted by Crippen LogP contribution is 2.10. The first kappa shape index (κ1) is 13.3. The molecular weight excluding hydrogens is 240 g/mol. The summed E-state index contributed by atoms with van der Waals surface area (Å²) in [6, 6.07) is 9.48. The first-order valence-corrected chi connectivity index (χ1v) is 6.26. The second-order valence-corrected chi connectivity index (χ2v) is 4.42. The SMILES string of the molecule is Cc1ccn(CCC(=O)Nc2cccc(CN)c2)n1. The Kier molecular flexibility index (Phi) is 4.30. The molecule has 2 aromatic rings. The van der Waals surface area contributed by atoms with Crippen molar-refractivity contribution >= 4 is 11.6 Å². The van der Waals surface area contributed by atoms with E-state index in [1.807, 2.05) is 43.5 Å². The van der Waals surface area contributed by atoms with Crippen molar-refractivity contribution in [2.45, 2.75) is 26.4 Å². The van der Waals surface area contributed by atoms with Gasteiger partial charge in [0, 0.05) is 31.4 Å². The van der Waals surface area contributed by atoms with Gasteiger partial charge in [-0.05, 0) is 30.7 Å². The number of nitrogens with one attached hydrogen (secondary N) is 1. The molecule has 0 saturated heterocycles. The van der Waals surface area contributed by atoms with Crippen molar-refractivity contribution < 1.29 is 4.79 Å². The van der Waals surface area contributed by atoms with Crippen molar-refractivity contribution in [3.8, 4) is 0 Å². The summed E-state index contributed by atoms with van der Waals surface area (Å²) < 4.78 is 1.77. The molecule has 0 aliphatic rings. The Balaban J connectivity index is 1.86. The van der Waals surface area contributed by atoms with Crippen LogP contribution in [0.2, 0.25) is 0 Å². The summed E-state index contributed by atoms with van der Waals surface area (Å²) in [6.07, 6.45) is 2.27. The summed E-state index contributed by atoms with van der Waals surface area (Å²) in [5, 5.41) is 7.10. The molecule has 0 aliphatic carbocycles. The summed E-state index contributed by atoms with van der Waals surface area (Å²) in [5.41, 5.74) is 8.30. The predicted molar refractivity (Wildman–Crippen MR) is 74.5 cm³/mol. The van der Waals surface area contributed by atoms with E-state index in [-0.39, 0.29) is 5.91 Å². The minimum absolute atomic E-state index is 0.0256. The summed E-state index contributed by atoms with van der Waals surface area (Å²) >= 11 is 0. The lowest BCUT2D eigenvalue weighted by Gasteiger charge is -2.06. The highest BCUT2D eigenvalue weighted by molar-refractivity contribution is 5.90. The molecule has 0 spiro atoms. The van der Waals surface area contributed by atoms with Crippen molar-refractivity contribution in [1.29, 1.82) is 0 Å². The van der Waals surface area contributed by atoms with Crippen molar-refractivity contribution in [3.63, 3.8) is 0 Å². The fourth-order valence-corrected chi connectivity index (χ4v) is 1.80. The van der Waals surface area contributed by atoms with Crippen LogP contribution in [0.1, 0.15) is 17.7 Å². The van der Waals surface area contributed by atoms with Gasteiger partial charge in [-0.2, -0.15) is 5.10 Å². The average Bonchev–Trinajstić information content (AvgIpc) is 2.82. The normalized spacial score (nSPS) is 10.4. The lowest BCUT2D eigenvalue weighted by atomic mass is 10.2. The van der Waals surface area contributed by atoms with Gasteiger partial charge in [-0.25, -0.2) is 0 Å². The molecule has 5 nitrogen and oxygen atoms in total. The topological polar surface area (TPSA) is 72.9 Å². The molecule has 100 valence electrons. The maximum Gasteiger partial charge on any atom is 0.226 e. The maximum atomic E-state index is 11.8. The number of amides is 1. The van der Waals surface area contributed by atoms with Gasteiger partial charge in [-0.3, -0.25) is 9.48 Å². The number of aromatic nitrogens is 2. The lowest BCUT2D eigenvalue weighted by Crippen LogP contribution is -2.15. The molecule has 19 heavy (non-hydrogen) atoms. The van der Waals surface area contributed by atoms with Crippen molar-refractivity contribution in [3.05, 3.63) is 47.8 Å². The number of carbonyl (C=O) groups is 1. The minimum Gasteiger partial charge on any atom is -0.326 e. The van der Waals surface area contributed by atoms with Gasteiger partial charge in [0.15, 0.2) is 0 Å². The van der Waals surface area contributed by atoms with Crippen LogP contribution in [0, 0.1) is 6.92 Å². The second-order valence-electron chi connectivity index (χ2n) is 4.42. The Morgan fingerprint density at radius 1 is 1.42 bits per heavy atom. The van der Waals surface area contributed by atoms with Gasteiger partial charge in [0.25, 0.3) is 0 Å². The van der Waals surface area contributed by atoms with Gasteiger partial charge >= 0.3 is 0 Å². The third-order valence-corrected chi connectivity index (χ3v) is 2.79. The van der Waals surface area contributed by atoms with Gasteiger partial charge < -0.3 is 11.1 Å². The molecule has 1 aromatic heterocycles. The molecule has 0 saturated carbocycles. The molecule has 0 bridgehead atoms. The standard InChI is InChI=1S/C14H18N4O/c1-11-5-7-18(17-11)8-6-14(19)16-13-4-2-3-12(9-13)10-15/h2-5,7,9H,6,8,10,15H2,1H3,(H,16,19). The number of carbonyl (C=O) groups excluding carboxylic acids is 1. The minimum atomic E-state index is -0.0256.